The lowest BCUT2D eigenvalue weighted by Gasteiger charge is -2.21. The minimum absolute atomic E-state index is 0.305. The van der Waals surface area contributed by atoms with E-state index in [9.17, 15) is 4.79 Å². The summed E-state index contributed by atoms with van der Waals surface area (Å²) in [5.41, 5.74) is 6.08. The highest BCUT2D eigenvalue weighted by molar-refractivity contribution is 6.74. The molecule has 0 saturated heterocycles. The second kappa shape index (κ2) is 10.3. The van der Waals surface area contributed by atoms with Gasteiger partial charge < -0.3 is 11.1 Å². The Hall–Kier alpha value is -0.505. The van der Waals surface area contributed by atoms with Crippen molar-refractivity contribution in [3.05, 3.63) is 0 Å². The first kappa shape index (κ1) is 17.8. The molecule has 0 spiro atoms. The molecule has 0 heterocycles. The third kappa shape index (κ3) is 7.17. The number of hydrogen-bond donors (Lipinski definition) is 2. The molecule has 0 aromatic rings. The van der Waals surface area contributed by atoms with Crippen LogP contribution in [-0.4, -0.2) is 25.2 Å². The van der Waals surface area contributed by atoms with Gasteiger partial charge in [-0.15, -0.1) is 0 Å². The summed E-state index contributed by atoms with van der Waals surface area (Å²) in [5, 5.41) is 3.33. The number of amides is 1. The van der Waals surface area contributed by atoms with Crippen LogP contribution in [0.1, 0.15) is 89.9 Å². The number of carbonyl (C=O) groups excluding carboxylic acids is 1. The third-order valence-electron chi connectivity index (χ3n) is 5.57. The van der Waals surface area contributed by atoms with Gasteiger partial charge in [0.15, 0.2) is 5.81 Å². The molecule has 2 fully saturated rings. The molecule has 126 valence electrons. The SMILES string of the molecule is NC1CCCCC(NC(=O)BC2CCCCCCC2)CCC1. The summed E-state index contributed by atoms with van der Waals surface area (Å²) >= 11 is 0. The molecule has 0 radical (unpaired) electrons. The van der Waals surface area contributed by atoms with E-state index < -0.39 is 0 Å². The molecule has 3 nitrogen and oxygen atoms in total. The number of nitrogens with two attached hydrogens (primary N) is 1. The Morgan fingerprint density at radius 1 is 0.773 bits per heavy atom. The minimum Gasteiger partial charge on any atom is -0.362 e. The zero-order chi connectivity index (χ0) is 15.6. The van der Waals surface area contributed by atoms with Gasteiger partial charge in [0, 0.05) is 12.1 Å². The van der Waals surface area contributed by atoms with Crippen LogP contribution in [0, 0.1) is 0 Å². The smallest absolute Gasteiger partial charge is 0.237 e. The minimum atomic E-state index is 0.305. The van der Waals surface area contributed by atoms with Crippen LogP contribution in [0.25, 0.3) is 0 Å². The maximum absolute atomic E-state index is 12.4. The molecule has 2 aliphatic rings. The van der Waals surface area contributed by atoms with Crippen molar-refractivity contribution in [2.75, 3.05) is 0 Å². The highest BCUT2D eigenvalue weighted by Gasteiger charge is 2.20. The first-order valence-electron chi connectivity index (χ1n) is 9.79. The van der Waals surface area contributed by atoms with Crippen molar-refractivity contribution >= 4 is 13.1 Å². The standard InChI is InChI=1S/C18H35BN2O/c20-16-11-6-7-13-17(14-8-12-16)21-18(22)19-15-9-4-2-1-3-5-10-15/h15-17,19H,1-14,20H2,(H,21,22). The molecule has 0 aromatic carbocycles. The Kier molecular flexibility index (Phi) is 8.36. The molecule has 0 aromatic heterocycles. The predicted octanol–water partition coefficient (Wildman–Crippen LogP) is 4.11. The van der Waals surface area contributed by atoms with Gasteiger partial charge in [0.2, 0.25) is 7.28 Å². The van der Waals surface area contributed by atoms with Crippen LogP contribution in [0.2, 0.25) is 5.82 Å². The molecule has 2 aliphatic carbocycles. The molecule has 3 N–H and O–H groups in total. The molecule has 0 bridgehead atoms. The summed E-state index contributed by atoms with van der Waals surface area (Å²) in [4.78, 5) is 12.4. The van der Waals surface area contributed by atoms with Gasteiger partial charge in [-0.1, -0.05) is 63.6 Å². The van der Waals surface area contributed by atoms with E-state index >= 15 is 0 Å². The van der Waals surface area contributed by atoms with Gasteiger partial charge in [0.05, 0.1) is 0 Å². The van der Waals surface area contributed by atoms with Crippen LogP contribution in [0.5, 0.6) is 0 Å². The van der Waals surface area contributed by atoms with Gasteiger partial charge in [0.1, 0.15) is 0 Å². The Balaban J connectivity index is 1.72. The third-order valence-corrected chi connectivity index (χ3v) is 5.57. The van der Waals surface area contributed by atoms with Gasteiger partial charge in [-0.05, 0) is 32.1 Å². The molecule has 4 heteroatoms. The molecule has 0 aliphatic heterocycles. The first-order valence-corrected chi connectivity index (χ1v) is 9.79. The van der Waals surface area contributed by atoms with Crippen molar-refractivity contribution in [2.24, 2.45) is 5.73 Å². The van der Waals surface area contributed by atoms with Crippen LogP contribution in [0.4, 0.5) is 4.79 Å². The van der Waals surface area contributed by atoms with Crippen molar-refractivity contribution in [3.8, 4) is 0 Å². The fourth-order valence-electron chi connectivity index (χ4n) is 4.15. The van der Waals surface area contributed by atoms with E-state index in [2.05, 4.69) is 5.32 Å². The molecule has 2 saturated carbocycles. The van der Waals surface area contributed by atoms with Crippen molar-refractivity contribution < 1.29 is 4.79 Å². The van der Waals surface area contributed by atoms with Crippen LogP contribution in [0.3, 0.4) is 0 Å². The lowest BCUT2D eigenvalue weighted by atomic mass is 9.59. The highest BCUT2D eigenvalue weighted by atomic mass is 16.1. The summed E-state index contributed by atoms with van der Waals surface area (Å²) in [6.07, 6.45) is 17.4. The van der Waals surface area contributed by atoms with E-state index in [0.717, 1.165) is 39.4 Å². The zero-order valence-electron chi connectivity index (χ0n) is 14.3. The van der Waals surface area contributed by atoms with Gasteiger partial charge in [-0.25, -0.2) is 0 Å². The second-order valence-electron chi connectivity index (χ2n) is 7.66. The van der Waals surface area contributed by atoms with Crippen molar-refractivity contribution in [3.63, 3.8) is 0 Å². The quantitative estimate of drug-likeness (QED) is 0.771. The van der Waals surface area contributed by atoms with E-state index in [1.165, 1.54) is 57.8 Å². The summed E-state index contributed by atoms with van der Waals surface area (Å²) in [7, 11) is 0.760. The monoisotopic (exact) mass is 306 g/mol. The van der Waals surface area contributed by atoms with Gasteiger partial charge in [-0.2, -0.15) is 0 Å². The van der Waals surface area contributed by atoms with Crippen LogP contribution >= 0.6 is 0 Å². The van der Waals surface area contributed by atoms with Gasteiger partial charge in [-0.3, -0.25) is 4.79 Å². The lowest BCUT2D eigenvalue weighted by molar-refractivity contribution is 0.253. The van der Waals surface area contributed by atoms with E-state index in [1.807, 2.05) is 0 Å². The topological polar surface area (TPSA) is 55.1 Å². The van der Waals surface area contributed by atoms with Crippen LogP contribution in [0.15, 0.2) is 0 Å². The van der Waals surface area contributed by atoms with Crippen molar-refractivity contribution in [1.29, 1.82) is 0 Å². The fraction of sp³-hybridized carbons (Fsp3) is 0.944. The fourth-order valence-corrected chi connectivity index (χ4v) is 4.15. The van der Waals surface area contributed by atoms with E-state index in [1.54, 1.807) is 0 Å². The highest BCUT2D eigenvalue weighted by Crippen LogP contribution is 2.26. The van der Waals surface area contributed by atoms with E-state index in [4.69, 9.17) is 5.73 Å². The molecule has 22 heavy (non-hydrogen) atoms. The second-order valence-corrected chi connectivity index (χ2v) is 7.66. The van der Waals surface area contributed by atoms with Gasteiger partial charge >= 0.3 is 0 Å². The molecule has 2 rings (SSSR count). The molecule has 2 unspecified atom stereocenters. The maximum Gasteiger partial charge on any atom is 0.237 e. The summed E-state index contributed by atoms with van der Waals surface area (Å²) in [5.74, 6) is 0.934. The van der Waals surface area contributed by atoms with Gasteiger partial charge in [0.25, 0.3) is 0 Å². The summed E-state index contributed by atoms with van der Waals surface area (Å²) in [6.45, 7) is 0. The molecular weight excluding hydrogens is 271 g/mol. The van der Waals surface area contributed by atoms with E-state index in [0.29, 0.717) is 23.7 Å². The summed E-state index contributed by atoms with van der Waals surface area (Å²) in [6, 6.07) is 0.774. The maximum atomic E-state index is 12.4. The zero-order valence-corrected chi connectivity index (χ0v) is 14.3. The predicted molar refractivity (Wildman–Crippen MR) is 95.8 cm³/mol. The average molecular weight is 306 g/mol. The molecule has 2 atom stereocenters. The number of hydrogen-bond acceptors (Lipinski definition) is 2. The normalized spacial score (nSPS) is 29.3. The molecule has 1 amide bonds. The number of nitrogens with one attached hydrogen (secondary N) is 1. The lowest BCUT2D eigenvalue weighted by Crippen LogP contribution is -2.38. The molecular formula is C18H35BN2O. The largest absolute Gasteiger partial charge is 0.362 e. The number of rotatable bonds is 3. The van der Waals surface area contributed by atoms with Crippen LogP contribution < -0.4 is 11.1 Å². The Bertz CT molecular complexity index is 316. The van der Waals surface area contributed by atoms with Crippen LogP contribution in [-0.2, 0) is 0 Å². The Morgan fingerprint density at radius 2 is 1.32 bits per heavy atom. The van der Waals surface area contributed by atoms with Crippen molar-refractivity contribution in [2.45, 2.75) is 108 Å². The summed E-state index contributed by atoms with van der Waals surface area (Å²) < 4.78 is 0. The van der Waals surface area contributed by atoms with E-state index in [-0.39, 0.29) is 0 Å². The average Bonchev–Trinajstić information content (AvgIpc) is 2.54. The van der Waals surface area contributed by atoms with Crippen molar-refractivity contribution in [1.82, 2.24) is 5.32 Å². The number of carbonyl (C=O) groups is 1. The Morgan fingerprint density at radius 3 is 2.09 bits per heavy atom. The Labute approximate surface area is 137 Å². The first-order chi connectivity index (χ1) is 10.7.